The molecule has 0 aromatic heterocycles. The second-order valence-corrected chi connectivity index (χ2v) is 7.76. The molecule has 0 aliphatic heterocycles. The Hall–Kier alpha value is -2.64. The summed E-state index contributed by atoms with van der Waals surface area (Å²) < 4.78 is 0.754. The van der Waals surface area contributed by atoms with Gasteiger partial charge in [0.2, 0.25) is 0 Å². The lowest BCUT2D eigenvalue weighted by molar-refractivity contribution is 0.467. The van der Waals surface area contributed by atoms with Gasteiger partial charge >= 0.3 is 0 Å². The molecule has 1 heteroatoms. The molecule has 0 aliphatic rings. The molecule has 0 saturated heterocycles. The number of hydrogen-bond donors (Lipinski definition) is 0. The highest BCUT2D eigenvalue weighted by Gasteiger charge is 2.30. The van der Waals surface area contributed by atoms with Crippen molar-refractivity contribution in [2.45, 2.75) is 45.4 Å². The molecule has 0 atom stereocenters. The molecule has 3 rings (SSSR count). The van der Waals surface area contributed by atoms with E-state index in [0.717, 1.165) is 11.0 Å². The first-order valence-electron chi connectivity index (χ1n) is 11.1. The van der Waals surface area contributed by atoms with Gasteiger partial charge in [-0.25, -0.2) is 4.48 Å². The Balaban J connectivity index is 1.94. The Morgan fingerprint density at radius 3 is 1.62 bits per heavy atom. The molecule has 0 unspecified atom stereocenters. The molecule has 0 bridgehead atoms. The van der Waals surface area contributed by atoms with Crippen molar-refractivity contribution in [1.82, 2.24) is 4.48 Å². The zero-order chi connectivity index (χ0) is 20.2. The highest BCUT2D eigenvalue weighted by molar-refractivity contribution is 5.64. The number of quaternary nitrogens is 1. The summed E-state index contributed by atoms with van der Waals surface area (Å²) in [5.74, 6) is 0. The van der Waals surface area contributed by atoms with Gasteiger partial charge in [0.25, 0.3) is 0 Å². The summed E-state index contributed by atoms with van der Waals surface area (Å²) in [5.41, 5.74) is 3.88. The maximum atomic E-state index is 2.38. The van der Waals surface area contributed by atoms with Gasteiger partial charge in [0.05, 0.1) is 6.54 Å². The van der Waals surface area contributed by atoms with Crippen LogP contribution in [0.5, 0.6) is 0 Å². The Bertz CT molecular complexity index is 798. The average molecular weight is 385 g/mol. The van der Waals surface area contributed by atoms with E-state index in [1.807, 2.05) is 0 Å². The topological polar surface area (TPSA) is 0 Å². The number of para-hydroxylation sites is 2. The lowest BCUT2D eigenvalue weighted by Crippen LogP contribution is -2.39. The normalized spacial score (nSPS) is 11.8. The van der Waals surface area contributed by atoms with Crippen LogP contribution in [0.15, 0.2) is 97.2 Å². The van der Waals surface area contributed by atoms with Crippen LogP contribution in [0, 0.1) is 0 Å². The van der Waals surface area contributed by atoms with Crippen molar-refractivity contribution in [3.05, 3.63) is 103 Å². The molecule has 0 heterocycles. The Morgan fingerprint density at radius 1 is 0.586 bits per heavy atom. The van der Waals surface area contributed by atoms with Crippen LogP contribution in [-0.4, -0.2) is 6.54 Å². The first-order chi connectivity index (χ1) is 14.3. The minimum absolute atomic E-state index is 0.754. The maximum Gasteiger partial charge on any atom is 0.142 e. The van der Waals surface area contributed by atoms with Gasteiger partial charge in [-0.15, -0.1) is 0 Å². The van der Waals surface area contributed by atoms with Crippen LogP contribution >= 0.6 is 0 Å². The zero-order valence-corrected chi connectivity index (χ0v) is 17.7. The molecule has 0 spiro atoms. The maximum absolute atomic E-state index is 2.38. The molecule has 1 nitrogen and oxygen atoms in total. The molecule has 0 fully saturated rings. The fourth-order valence-corrected chi connectivity index (χ4v) is 3.96. The molecular weight excluding hydrogens is 350 g/mol. The van der Waals surface area contributed by atoms with Crippen molar-refractivity contribution in [3.63, 3.8) is 0 Å². The number of rotatable bonds is 11. The van der Waals surface area contributed by atoms with Crippen molar-refractivity contribution in [2.24, 2.45) is 0 Å². The summed E-state index contributed by atoms with van der Waals surface area (Å²) in [6, 6.07) is 32.5. The quantitative estimate of drug-likeness (QED) is 0.230. The smallest absolute Gasteiger partial charge is 0.142 e. The Kier molecular flexibility index (Phi) is 8.27. The van der Waals surface area contributed by atoms with E-state index in [1.54, 1.807) is 0 Å². The fraction of sp³-hybridized carbons (Fsp3) is 0.286. The number of hydrogen-bond acceptors (Lipinski definition) is 0. The molecule has 0 radical (unpaired) electrons. The van der Waals surface area contributed by atoms with Crippen LogP contribution in [0.4, 0.5) is 11.4 Å². The molecule has 0 N–H and O–H groups in total. The lowest BCUT2D eigenvalue weighted by atomic mass is 10.1. The van der Waals surface area contributed by atoms with Gasteiger partial charge in [-0.1, -0.05) is 99.3 Å². The predicted octanol–water partition coefficient (Wildman–Crippen LogP) is 8.36. The average Bonchev–Trinajstić information content (AvgIpc) is 2.80. The number of unbranched alkanes of at least 4 members (excludes halogenated alkanes) is 5. The van der Waals surface area contributed by atoms with Crippen molar-refractivity contribution in [3.8, 4) is 0 Å². The summed E-state index contributed by atoms with van der Waals surface area (Å²) in [4.78, 5) is 0. The summed E-state index contributed by atoms with van der Waals surface area (Å²) >= 11 is 0. The van der Waals surface area contributed by atoms with Crippen LogP contribution in [-0.2, 0) is 0 Å². The molecule has 0 aliphatic carbocycles. The minimum atomic E-state index is 0.754. The van der Waals surface area contributed by atoms with Gasteiger partial charge in [-0.05, 0) is 48.7 Å². The van der Waals surface area contributed by atoms with E-state index in [0.29, 0.717) is 0 Å². The van der Waals surface area contributed by atoms with E-state index < -0.39 is 0 Å². The van der Waals surface area contributed by atoms with Gasteiger partial charge in [0.1, 0.15) is 17.6 Å². The molecule has 3 aromatic carbocycles. The van der Waals surface area contributed by atoms with Crippen molar-refractivity contribution in [1.29, 1.82) is 0 Å². The zero-order valence-electron chi connectivity index (χ0n) is 17.7. The Morgan fingerprint density at radius 2 is 1.07 bits per heavy atom. The van der Waals surface area contributed by atoms with E-state index >= 15 is 0 Å². The Labute approximate surface area is 176 Å². The first kappa shape index (κ1) is 21.1. The largest absolute Gasteiger partial charge is 0.233 e. The highest BCUT2D eigenvalue weighted by atomic mass is 15.3. The summed E-state index contributed by atoms with van der Waals surface area (Å²) in [5, 5.41) is 0. The number of nitrogens with zero attached hydrogens (tertiary/aromatic N) is 1. The van der Waals surface area contributed by atoms with Crippen molar-refractivity contribution < 1.29 is 0 Å². The number of benzene rings is 3. The van der Waals surface area contributed by atoms with E-state index in [1.165, 1.54) is 55.5 Å². The predicted molar refractivity (Wildman–Crippen MR) is 128 cm³/mol. The van der Waals surface area contributed by atoms with Gasteiger partial charge in [0.15, 0.2) is 0 Å². The summed E-state index contributed by atoms with van der Waals surface area (Å²) in [6.07, 6.45) is 12.5. The SMILES string of the molecule is CCCCCCCC[N+](C=Cc1ccccc1)(c1ccccc1)c1ccccc1. The third-order valence-corrected chi connectivity index (χ3v) is 5.62. The second kappa shape index (κ2) is 11.4. The first-order valence-corrected chi connectivity index (χ1v) is 11.1. The standard InChI is InChI=1S/C28H34N/c1-2-3-4-5-6-16-24-29(27-19-12-8-13-20-27,28-21-14-9-15-22-28)25-23-26-17-10-7-11-18-26/h7-15,17-23,25H,2-6,16,24H2,1H3/q+1. The molecule has 3 aromatic rings. The summed E-state index contributed by atoms with van der Waals surface area (Å²) in [6.45, 7) is 3.35. The van der Waals surface area contributed by atoms with E-state index in [4.69, 9.17) is 0 Å². The highest BCUT2D eigenvalue weighted by Crippen LogP contribution is 2.36. The van der Waals surface area contributed by atoms with Crippen LogP contribution in [0.2, 0.25) is 0 Å². The van der Waals surface area contributed by atoms with Gasteiger partial charge in [-0.2, -0.15) is 0 Å². The van der Waals surface area contributed by atoms with Gasteiger partial charge in [-0.3, -0.25) is 0 Å². The fourth-order valence-electron chi connectivity index (χ4n) is 3.96. The van der Waals surface area contributed by atoms with Crippen LogP contribution in [0.25, 0.3) is 6.08 Å². The molecular formula is C28H34N+. The third kappa shape index (κ3) is 5.92. The minimum Gasteiger partial charge on any atom is -0.233 e. The van der Waals surface area contributed by atoms with Gasteiger partial charge < -0.3 is 0 Å². The molecule has 29 heavy (non-hydrogen) atoms. The van der Waals surface area contributed by atoms with E-state index in [2.05, 4.69) is 110 Å². The van der Waals surface area contributed by atoms with Crippen LogP contribution in [0.3, 0.4) is 0 Å². The summed E-state index contributed by atoms with van der Waals surface area (Å²) in [7, 11) is 0. The molecule has 150 valence electrons. The van der Waals surface area contributed by atoms with Crippen LogP contribution < -0.4 is 4.48 Å². The van der Waals surface area contributed by atoms with Crippen molar-refractivity contribution >= 4 is 17.5 Å². The van der Waals surface area contributed by atoms with Crippen molar-refractivity contribution in [2.75, 3.05) is 6.54 Å². The van der Waals surface area contributed by atoms with E-state index in [9.17, 15) is 0 Å². The molecule has 0 amide bonds. The van der Waals surface area contributed by atoms with Gasteiger partial charge in [0, 0.05) is 0 Å². The van der Waals surface area contributed by atoms with E-state index in [-0.39, 0.29) is 0 Å². The third-order valence-electron chi connectivity index (χ3n) is 5.62. The second-order valence-electron chi connectivity index (χ2n) is 7.76. The monoisotopic (exact) mass is 384 g/mol. The lowest BCUT2D eigenvalue weighted by Gasteiger charge is -2.34. The van der Waals surface area contributed by atoms with Crippen LogP contribution in [0.1, 0.15) is 51.0 Å². The molecule has 0 saturated carbocycles.